The fourth-order valence-corrected chi connectivity index (χ4v) is 5.27. The number of anilines is 2. The number of amides is 3. The Labute approximate surface area is 214 Å². The van der Waals surface area contributed by atoms with E-state index in [-0.39, 0.29) is 17.9 Å². The predicted molar refractivity (Wildman–Crippen MR) is 140 cm³/mol. The highest BCUT2D eigenvalue weighted by Crippen LogP contribution is 2.31. The number of urea groups is 1. The van der Waals surface area contributed by atoms with Crippen LogP contribution in [-0.2, 0) is 14.6 Å². The predicted octanol–water partition coefficient (Wildman–Crippen LogP) is 4.32. The highest BCUT2D eigenvalue weighted by atomic mass is 35.5. The highest BCUT2D eigenvalue weighted by Gasteiger charge is 2.39. The van der Waals surface area contributed by atoms with Crippen molar-refractivity contribution in [2.75, 3.05) is 23.4 Å². The molecule has 1 saturated heterocycles. The standard InChI is InChI=1S/C26H26ClN3O5S/c1-16-13-17(21-5-3-4-6-24(21)36(2,34)35)7-12-22(16)29-25(32)23-14-20(31)15-30(23)26(33)28-19-10-8-18(27)9-11-19/h3-13,20,23,31H,14-15H2,1-2H3,(H,28,33)(H,29,32). The number of aliphatic hydroxyl groups excluding tert-OH is 1. The number of hydrogen-bond donors (Lipinski definition) is 3. The molecule has 188 valence electrons. The lowest BCUT2D eigenvalue weighted by molar-refractivity contribution is -0.119. The van der Waals surface area contributed by atoms with Crippen molar-refractivity contribution in [3.8, 4) is 11.1 Å². The molecule has 2 atom stereocenters. The summed E-state index contributed by atoms with van der Waals surface area (Å²) < 4.78 is 24.4. The second-order valence-electron chi connectivity index (χ2n) is 8.78. The van der Waals surface area contributed by atoms with Crippen molar-refractivity contribution in [3.63, 3.8) is 0 Å². The zero-order chi connectivity index (χ0) is 26.0. The van der Waals surface area contributed by atoms with E-state index in [0.29, 0.717) is 27.5 Å². The zero-order valence-electron chi connectivity index (χ0n) is 19.7. The van der Waals surface area contributed by atoms with Gasteiger partial charge in [-0.2, -0.15) is 0 Å². The van der Waals surface area contributed by atoms with Crippen molar-refractivity contribution in [2.45, 2.75) is 30.4 Å². The van der Waals surface area contributed by atoms with Crippen molar-refractivity contribution in [2.24, 2.45) is 0 Å². The molecule has 2 unspecified atom stereocenters. The lowest BCUT2D eigenvalue weighted by Crippen LogP contribution is -2.45. The third-order valence-corrected chi connectivity index (χ3v) is 7.43. The van der Waals surface area contributed by atoms with E-state index in [1.165, 1.54) is 4.90 Å². The number of β-amino-alcohol motifs (C(OH)–C–C–N with tert-alkyl or cyclic N) is 1. The van der Waals surface area contributed by atoms with Gasteiger partial charge in [0.1, 0.15) is 6.04 Å². The van der Waals surface area contributed by atoms with E-state index in [2.05, 4.69) is 10.6 Å². The van der Waals surface area contributed by atoms with E-state index in [9.17, 15) is 23.1 Å². The molecule has 3 amide bonds. The van der Waals surface area contributed by atoms with E-state index in [4.69, 9.17) is 11.6 Å². The maximum absolute atomic E-state index is 13.1. The van der Waals surface area contributed by atoms with Crippen LogP contribution in [0.15, 0.2) is 71.6 Å². The first-order chi connectivity index (χ1) is 17.0. The number of nitrogens with zero attached hydrogens (tertiary/aromatic N) is 1. The first-order valence-corrected chi connectivity index (χ1v) is 13.5. The summed E-state index contributed by atoms with van der Waals surface area (Å²) in [5, 5.41) is 16.3. The van der Waals surface area contributed by atoms with Crippen LogP contribution >= 0.6 is 11.6 Å². The molecule has 0 bridgehead atoms. The second kappa shape index (κ2) is 10.3. The van der Waals surface area contributed by atoms with Crippen LogP contribution in [0.3, 0.4) is 0 Å². The van der Waals surface area contributed by atoms with Crippen LogP contribution in [0.25, 0.3) is 11.1 Å². The van der Waals surface area contributed by atoms with Gasteiger partial charge in [-0.05, 0) is 60.5 Å². The average Bonchev–Trinajstić information content (AvgIpc) is 3.23. The molecule has 1 aliphatic rings. The number of aliphatic hydroxyl groups is 1. The van der Waals surface area contributed by atoms with E-state index >= 15 is 0 Å². The van der Waals surface area contributed by atoms with Gasteiger partial charge in [0.15, 0.2) is 9.84 Å². The van der Waals surface area contributed by atoms with Crippen LogP contribution in [0, 0.1) is 6.92 Å². The van der Waals surface area contributed by atoms with E-state index < -0.39 is 33.9 Å². The topological polar surface area (TPSA) is 116 Å². The summed E-state index contributed by atoms with van der Waals surface area (Å²) in [4.78, 5) is 27.5. The Morgan fingerprint density at radius 2 is 1.72 bits per heavy atom. The largest absolute Gasteiger partial charge is 0.391 e. The van der Waals surface area contributed by atoms with Gasteiger partial charge in [0.2, 0.25) is 5.91 Å². The van der Waals surface area contributed by atoms with Gasteiger partial charge >= 0.3 is 6.03 Å². The van der Waals surface area contributed by atoms with Crippen molar-refractivity contribution in [1.82, 2.24) is 4.90 Å². The fourth-order valence-electron chi connectivity index (χ4n) is 4.23. The monoisotopic (exact) mass is 527 g/mol. The van der Waals surface area contributed by atoms with Crippen LogP contribution in [0.2, 0.25) is 5.02 Å². The van der Waals surface area contributed by atoms with E-state index in [0.717, 1.165) is 11.8 Å². The number of sulfone groups is 1. The molecule has 0 spiro atoms. The molecule has 3 aromatic rings. The number of hydrogen-bond acceptors (Lipinski definition) is 5. The lowest BCUT2D eigenvalue weighted by atomic mass is 10.0. The summed E-state index contributed by atoms with van der Waals surface area (Å²) in [6.07, 6.45) is 0.448. The molecule has 10 heteroatoms. The van der Waals surface area contributed by atoms with Crippen LogP contribution in [0.4, 0.5) is 16.2 Å². The van der Waals surface area contributed by atoms with Crippen molar-refractivity contribution < 1.29 is 23.1 Å². The summed E-state index contributed by atoms with van der Waals surface area (Å²) in [6, 6.07) is 17.2. The summed E-state index contributed by atoms with van der Waals surface area (Å²) >= 11 is 5.89. The molecular formula is C26H26ClN3O5S. The molecule has 0 aromatic heterocycles. The number of benzene rings is 3. The van der Waals surface area contributed by atoms with Crippen LogP contribution in [0.1, 0.15) is 12.0 Å². The van der Waals surface area contributed by atoms with Gasteiger partial charge in [-0.3, -0.25) is 4.79 Å². The molecule has 36 heavy (non-hydrogen) atoms. The maximum atomic E-state index is 13.1. The van der Waals surface area contributed by atoms with Gasteiger partial charge in [-0.25, -0.2) is 13.2 Å². The number of aryl methyl sites for hydroxylation is 1. The third-order valence-electron chi connectivity index (χ3n) is 6.02. The van der Waals surface area contributed by atoms with Gasteiger partial charge in [-0.15, -0.1) is 0 Å². The summed E-state index contributed by atoms with van der Waals surface area (Å²) in [6.45, 7) is 1.83. The highest BCUT2D eigenvalue weighted by molar-refractivity contribution is 7.90. The minimum absolute atomic E-state index is 0.0255. The molecule has 4 rings (SSSR count). The molecule has 0 radical (unpaired) electrons. The summed E-state index contributed by atoms with van der Waals surface area (Å²) in [5.74, 6) is -0.426. The Morgan fingerprint density at radius 3 is 2.39 bits per heavy atom. The normalized spacial score (nSPS) is 17.6. The number of rotatable bonds is 5. The first kappa shape index (κ1) is 25.7. The molecule has 3 N–H and O–H groups in total. The molecule has 1 aliphatic heterocycles. The summed E-state index contributed by atoms with van der Waals surface area (Å²) in [5.41, 5.74) is 3.04. The number of likely N-dealkylation sites (tertiary alicyclic amines) is 1. The van der Waals surface area contributed by atoms with Crippen LogP contribution < -0.4 is 10.6 Å². The smallest absolute Gasteiger partial charge is 0.322 e. The molecule has 0 aliphatic carbocycles. The third kappa shape index (κ3) is 5.70. The number of halogens is 1. The Hall–Kier alpha value is -3.40. The summed E-state index contributed by atoms with van der Waals surface area (Å²) in [7, 11) is -3.42. The SMILES string of the molecule is Cc1cc(-c2ccccc2S(C)(=O)=O)ccc1NC(=O)C1CC(O)CN1C(=O)Nc1ccc(Cl)cc1. The molecule has 1 fully saturated rings. The minimum atomic E-state index is -3.42. The van der Waals surface area contributed by atoms with E-state index in [1.54, 1.807) is 73.7 Å². The van der Waals surface area contributed by atoms with Gasteiger partial charge in [0.05, 0.1) is 11.0 Å². The Bertz CT molecular complexity index is 1410. The molecule has 3 aromatic carbocycles. The molecule has 0 saturated carbocycles. The van der Waals surface area contributed by atoms with Gasteiger partial charge in [0, 0.05) is 41.2 Å². The molecule has 8 nitrogen and oxygen atoms in total. The minimum Gasteiger partial charge on any atom is -0.391 e. The first-order valence-electron chi connectivity index (χ1n) is 11.2. The number of carbonyl (C=O) groups is 2. The van der Waals surface area contributed by atoms with Gasteiger partial charge in [0.25, 0.3) is 0 Å². The van der Waals surface area contributed by atoms with Crippen molar-refractivity contribution >= 4 is 44.8 Å². The molecule has 1 heterocycles. The quantitative estimate of drug-likeness (QED) is 0.457. The van der Waals surface area contributed by atoms with Crippen molar-refractivity contribution in [3.05, 3.63) is 77.3 Å². The zero-order valence-corrected chi connectivity index (χ0v) is 21.3. The Morgan fingerprint density at radius 1 is 1.03 bits per heavy atom. The average molecular weight is 528 g/mol. The van der Waals surface area contributed by atoms with Gasteiger partial charge in [-0.1, -0.05) is 35.9 Å². The van der Waals surface area contributed by atoms with Crippen molar-refractivity contribution in [1.29, 1.82) is 0 Å². The second-order valence-corrected chi connectivity index (χ2v) is 11.2. The van der Waals surface area contributed by atoms with E-state index in [1.807, 2.05) is 0 Å². The lowest BCUT2D eigenvalue weighted by Gasteiger charge is -2.24. The molecular weight excluding hydrogens is 502 g/mol. The Kier molecular flexibility index (Phi) is 7.35. The van der Waals surface area contributed by atoms with Crippen LogP contribution in [-0.4, -0.2) is 55.3 Å². The van der Waals surface area contributed by atoms with Crippen LogP contribution in [0.5, 0.6) is 0 Å². The maximum Gasteiger partial charge on any atom is 0.322 e. The number of nitrogens with one attached hydrogen (secondary N) is 2. The Balaban J connectivity index is 1.51. The number of carbonyl (C=O) groups excluding carboxylic acids is 2. The fraction of sp³-hybridized carbons (Fsp3) is 0.231. The van der Waals surface area contributed by atoms with Gasteiger partial charge < -0.3 is 20.6 Å².